The molecule has 0 N–H and O–H groups in total. The Bertz CT molecular complexity index is 528. The highest BCUT2D eigenvalue weighted by molar-refractivity contribution is 5.60. The summed E-state index contributed by atoms with van der Waals surface area (Å²) in [6.07, 6.45) is 6.72. The van der Waals surface area contributed by atoms with Gasteiger partial charge in [-0.1, -0.05) is 0 Å². The highest BCUT2D eigenvalue weighted by Gasteiger charge is 2.14. The first-order valence-corrected chi connectivity index (χ1v) is 7.03. The fourth-order valence-corrected chi connectivity index (χ4v) is 2.65. The van der Waals surface area contributed by atoms with Crippen molar-refractivity contribution in [3.63, 3.8) is 0 Å². The van der Waals surface area contributed by atoms with Gasteiger partial charge in [-0.05, 0) is 50.1 Å². The minimum Gasteiger partial charge on any atom is -0.492 e. The second-order valence-electron chi connectivity index (χ2n) is 4.87. The molecule has 0 unspecified atom stereocenters. The number of hydrogen-bond acceptors (Lipinski definition) is 2. The van der Waals surface area contributed by atoms with Crippen LogP contribution in [0.5, 0.6) is 5.75 Å². The molecule has 1 aliphatic heterocycles. The summed E-state index contributed by atoms with van der Waals surface area (Å²) in [6, 6.07) is 10.6. The standard InChI is InChI=1S/C16H20N2O/c1-2-19-16-8-7-14(17-9-3-4-10-17)13-15(16)18-11-5-6-12-18/h5-8,11-13H,2-4,9-10H2,1H3. The maximum atomic E-state index is 5.74. The molecule has 1 aromatic carbocycles. The number of hydrogen-bond donors (Lipinski definition) is 0. The number of aromatic nitrogens is 1. The van der Waals surface area contributed by atoms with Crippen molar-refractivity contribution in [2.45, 2.75) is 19.8 Å². The van der Waals surface area contributed by atoms with E-state index in [-0.39, 0.29) is 0 Å². The molecular weight excluding hydrogens is 236 g/mol. The third-order valence-corrected chi connectivity index (χ3v) is 3.60. The topological polar surface area (TPSA) is 17.4 Å². The molecule has 0 radical (unpaired) electrons. The summed E-state index contributed by atoms with van der Waals surface area (Å²) in [6.45, 7) is 5.04. The molecule has 1 aromatic heterocycles. The van der Waals surface area contributed by atoms with Gasteiger partial charge in [0.1, 0.15) is 5.75 Å². The van der Waals surface area contributed by atoms with E-state index in [1.807, 2.05) is 19.1 Å². The van der Waals surface area contributed by atoms with E-state index >= 15 is 0 Å². The summed E-state index contributed by atoms with van der Waals surface area (Å²) < 4.78 is 7.85. The highest BCUT2D eigenvalue weighted by Crippen LogP contribution is 2.30. The number of anilines is 1. The molecule has 1 fully saturated rings. The first-order valence-electron chi connectivity index (χ1n) is 7.03. The van der Waals surface area contributed by atoms with Crippen LogP contribution >= 0.6 is 0 Å². The molecule has 0 amide bonds. The summed E-state index contributed by atoms with van der Waals surface area (Å²) >= 11 is 0. The van der Waals surface area contributed by atoms with E-state index in [9.17, 15) is 0 Å². The zero-order valence-corrected chi connectivity index (χ0v) is 11.4. The van der Waals surface area contributed by atoms with Gasteiger partial charge in [0.2, 0.25) is 0 Å². The van der Waals surface area contributed by atoms with Gasteiger partial charge in [0.15, 0.2) is 0 Å². The van der Waals surface area contributed by atoms with Gasteiger partial charge >= 0.3 is 0 Å². The fraction of sp³-hybridized carbons (Fsp3) is 0.375. The van der Waals surface area contributed by atoms with Crippen LogP contribution < -0.4 is 9.64 Å². The van der Waals surface area contributed by atoms with Crippen molar-refractivity contribution in [1.29, 1.82) is 0 Å². The van der Waals surface area contributed by atoms with Gasteiger partial charge in [-0.25, -0.2) is 0 Å². The van der Waals surface area contributed by atoms with Gasteiger partial charge in [-0.15, -0.1) is 0 Å². The van der Waals surface area contributed by atoms with Crippen molar-refractivity contribution >= 4 is 5.69 Å². The summed E-state index contributed by atoms with van der Waals surface area (Å²) in [5.74, 6) is 0.946. The summed E-state index contributed by atoms with van der Waals surface area (Å²) in [5, 5.41) is 0. The van der Waals surface area contributed by atoms with Crippen LogP contribution in [-0.2, 0) is 0 Å². The predicted molar refractivity (Wildman–Crippen MR) is 78.4 cm³/mol. The maximum Gasteiger partial charge on any atom is 0.143 e. The van der Waals surface area contributed by atoms with Gasteiger partial charge in [0, 0.05) is 31.2 Å². The zero-order chi connectivity index (χ0) is 13.1. The second kappa shape index (κ2) is 5.39. The molecule has 3 rings (SSSR count). The Kier molecular flexibility index (Phi) is 3.45. The Hall–Kier alpha value is -1.90. The number of ether oxygens (including phenoxy) is 1. The Labute approximate surface area is 114 Å². The van der Waals surface area contributed by atoms with Crippen molar-refractivity contribution in [2.75, 3.05) is 24.6 Å². The molecule has 100 valence electrons. The summed E-state index contributed by atoms with van der Waals surface area (Å²) in [5.41, 5.74) is 2.42. The smallest absolute Gasteiger partial charge is 0.143 e. The third kappa shape index (κ3) is 2.46. The highest BCUT2D eigenvalue weighted by atomic mass is 16.5. The minimum atomic E-state index is 0.692. The van der Waals surface area contributed by atoms with Crippen LogP contribution in [0.25, 0.3) is 5.69 Å². The van der Waals surface area contributed by atoms with Crippen LogP contribution in [0.1, 0.15) is 19.8 Å². The largest absolute Gasteiger partial charge is 0.492 e. The van der Waals surface area contributed by atoms with Gasteiger partial charge < -0.3 is 14.2 Å². The van der Waals surface area contributed by atoms with Crippen molar-refractivity contribution in [1.82, 2.24) is 4.57 Å². The van der Waals surface area contributed by atoms with Gasteiger partial charge in [-0.2, -0.15) is 0 Å². The lowest BCUT2D eigenvalue weighted by atomic mass is 10.2. The third-order valence-electron chi connectivity index (χ3n) is 3.60. The lowest BCUT2D eigenvalue weighted by molar-refractivity contribution is 0.339. The monoisotopic (exact) mass is 256 g/mol. The molecule has 0 aliphatic carbocycles. The first-order chi connectivity index (χ1) is 9.38. The van der Waals surface area contributed by atoms with Gasteiger partial charge in [0.05, 0.1) is 12.3 Å². The van der Waals surface area contributed by atoms with E-state index in [1.54, 1.807) is 0 Å². The number of benzene rings is 1. The quantitative estimate of drug-likeness (QED) is 0.833. The van der Waals surface area contributed by atoms with Crippen molar-refractivity contribution in [2.24, 2.45) is 0 Å². The summed E-state index contributed by atoms with van der Waals surface area (Å²) in [7, 11) is 0. The van der Waals surface area contributed by atoms with Crippen LogP contribution in [0, 0.1) is 0 Å². The lowest BCUT2D eigenvalue weighted by Crippen LogP contribution is -2.17. The van der Waals surface area contributed by atoms with Crippen molar-refractivity contribution in [3.05, 3.63) is 42.7 Å². The van der Waals surface area contributed by atoms with Crippen LogP contribution in [0.15, 0.2) is 42.7 Å². The molecule has 0 spiro atoms. The molecule has 19 heavy (non-hydrogen) atoms. The van der Waals surface area contributed by atoms with E-state index in [4.69, 9.17) is 4.74 Å². The molecule has 1 aliphatic rings. The first kappa shape index (κ1) is 12.2. The molecule has 1 saturated heterocycles. The van der Waals surface area contributed by atoms with Crippen molar-refractivity contribution < 1.29 is 4.74 Å². The van der Waals surface area contributed by atoms with Crippen LogP contribution in [0.2, 0.25) is 0 Å². The van der Waals surface area contributed by atoms with Crippen molar-refractivity contribution in [3.8, 4) is 11.4 Å². The second-order valence-corrected chi connectivity index (χ2v) is 4.87. The lowest BCUT2D eigenvalue weighted by Gasteiger charge is -2.20. The molecule has 3 heteroatoms. The molecule has 0 atom stereocenters. The van der Waals surface area contributed by atoms with Crippen LogP contribution in [0.3, 0.4) is 0 Å². The van der Waals surface area contributed by atoms with E-state index in [0.29, 0.717) is 6.61 Å². The average molecular weight is 256 g/mol. The fourth-order valence-electron chi connectivity index (χ4n) is 2.65. The molecule has 2 aromatic rings. The molecule has 0 saturated carbocycles. The number of rotatable bonds is 4. The molecule has 2 heterocycles. The molecular formula is C16H20N2O. The van der Waals surface area contributed by atoms with Crippen LogP contribution in [0.4, 0.5) is 5.69 Å². The number of nitrogens with zero attached hydrogens (tertiary/aromatic N) is 2. The van der Waals surface area contributed by atoms with E-state index < -0.39 is 0 Å². The maximum absolute atomic E-state index is 5.74. The van der Waals surface area contributed by atoms with Gasteiger partial charge in [0.25, 0.3) is 0 Å². The molecule has 3 nitrogen and oxygen atoms in total. The van der Waals surface area contributed by atoms with E-state index in [0.717, 1.165) is 11.4 Å². The van der Waals surface area contributed by atoms with Crippen LogP contribution in [-0.4, -0.2) is 24.3 Å². The predicted octanol–water partition coefficient (Wildman–Crippen LogP) is 3.48. The average Bonchev–Trinajstić information content (AvgIpc) is 3.13. The minimum absolute atomic E-state index is 0.692. The Morgan fingerprint density at radius 2 is 1.84 bits per heavy atom. The van der Waals surface area contributed by atoms with E-state index in [2.05, 4.69) is 40.1 Å². The SMILES string of the molecule is CCOc1ccc(N2CCCC2)cc1-n1cccc1. The molecule has 0 bridgehead atoms. The Morgan fingerprint density at radius 3 is 2.53 bits per heavy atom. The zero-order valence-electron chi connectivity index (χ0n) is 11.4. The summed E-state index contributed by atoms with van der Waals surface area (Å²) in [4.78, 5) is 2.45. The Balaban J connectivity index is 1.99. The van der Waals surface area contributed by atoms with E-state index in [1.165, 1.54) is 31.6 Å². The van der Waals surface area contributed by atoms with Gasteiger partial charge in [-0.3, -0.25) is 0 Å². The Morgan fingerprint density at radius 1 is 1.11 bits per heavy atom. The normalized spacial score (nSPS) is 14.9.